The zero-order valence-corrected chi connectivity index (χ0v) is 34.2. The number of urea groups is 1. The van der Waals surface area contributed by atoms with E-state index in [-0.39, 0.29) is 43.7 Å². The van der Waals surface area contributed by atoms with E-state index >= 15 is 0 Å². The van der Waals surface area contributed by atoms with Gasteiger partial charge in [-0.2, -0.15) is 0 Å². The monoisotopic (exact) mass is 769 g/mol. The molecule has 5 atom stereocenters. The third-order valence-corrected chi connectivity index (χ3v) is 11.9. The SMILES string of the molecule is C#CCCC(NC(=O)C1CC(C(C)C)CN1C(=O)C(NC(=O)NC(COC(=O)NCC1CCCCC1)C(C)(C)C)C1(C)CCCCC1)C(=O)C(=O)NCC=C. The number of hydrogen-bond donors (Lipinski definition) is 5. The second-order valence-corrected chi connectivity index (χ2v) is 17.6. The number of alkyl carbamates (subject to hydrolysis) is 1. The molecule has 13 heteroatoms. The van der Waals surface area contributed by atoms with Crippen LogP contribution in [0, 0.1) is 40.9 Å². The van der Waals surface area contributed by atoms with Gasteiger partial charge in [-0.25, -0.2) is 9.59 Å². The second-order valence-electron chi connectivity index (χ2n) is 17.6. The molecular weight excluding hydrogens is 700 g/mol. The summed E-state index contributed by atoms with van der Waals surface area (Å²) in [4.78, 5) is 82.7. The van der Waals surface area contributed by atoms with E-state index in [0.717, 1.165) is 32.1 Å². The van der Waals surface area contributed by atoms with Crippen LogP contribution in [0.4, 0.5) is 9.59 Å². The first-order valence-corrected chi connectivity index (χ1v) is 20.5. The minimum Gasteiger partial charge on any atom is -0.447 e. The number of nitrogens with one attached hydrogen (secondary N) is 5. The highest BCUT2D eigenvalue weighted by Crippen LogP contribution is 2.41. The van der Waals surface area contributed by atoms with Gasteiger partial charge in [0.1, 0.15) is 18.7 Å². The summed E-state index contributed by atoms with van der Waals surface area (Å²) >= 11 is 0. The third-order valence-electron chi connectivity index (χ3n) is 11.9. The standard InChI is InChI=1S/C42H68N6O7/c1-9-11-20-31(34(49)37(51)43-23-10-2)45-36(50)32-24-30(28(3)4)26-48(32)38(52)35(42(8)21-16-13-17-22-42)47-39(53)46-33(41(5,6)7)27-55-40(54)44-25-29-18-14-12-15-19-29/h1,10,28-33,35H,2,11-27H2,3-8H3,(H,43,51)(H,44,54)(H,45,50)(H2,46,47,53). The molecule has 5 unspecified atom stereocenters. The number of amides is 6. The first-order valence-electron chi connectivity index (χ1n) is 20.5. The van der Waals surface area contributed by atoms with Crippen LogP contribution in [-0.4, -0.2) is 90.9 Å². The van der Waals surface area contributed by atoms with Crippen LogP contribution in [0.2, 0.25) is 0 Å². The number of nitrogens with zero attached hydrogens (tertiary/aromatic N) is 1. The Balaban J connectivity index is 1.81. The number of carbonyl (C=O) groups excluding carboxylic acids is 6. The van der Waals surface area contributed by atoms with E-state index in [4.69, 9.17) is 11.2 Å². The summed E-state index contributed by atoms with van der Waals surface area (Å²) in [5.41, 5.74) is -1.08. The Hall–Kier alpha value is -4.08. The molecule has 55 heavy (non-hydrogen) atoms. The Bertz CT molecular complexity index is 1390. The summed E-state index contributed by atoms with van der Waals surface area (Å²) < 4.78 is 5.60. The number of rotatable bonds is 17. The number of hydrogen-bond acceptors (Lipinski definition) is 7. The van der Waals surface area contributed by atoms with Crippen LogP contribution in [0.3, 0.4) is 0 Å². The summed E-state index contributed by atoms with van der Waals surface area (Å²) in [5, 5.41) is 14.1. The lowest BCUT2D eigenvalue weighted by atomic mass is 9.70. The predicted octanol–water partition coefficient (Wildman–Crippen LogP) is 4.99. The van der Waals surface area contributed by atoms with Crippen molar-refractivity contribution in [3.63, 3.8) is 0 Å². The molecule has 0 aromatic rings. The zero-order chi connectivity index (χ0) is 40.8. The van der Waals surface area contributed by atoms with Crippen molar-refractivity contribution >= 4 is 35.6 Å². The fraction of sp³-hybridized carbons (Fsp3) is 0.762. The first-order chi connectivity index (χ1) is 26.0. The maximum atomic E-state index is 14.8. The van der Waals surface area contributed by atoms with Gasteiger partial charge in [0.15, 0.2) is 0 Å². The van der Waals surface area contributed by atoms with Crippen molar-refractivity contribution < 1.29 is 33.5 Å². The molecule has 1 heterocycles. The fourth-order valence-corrected chi connectivity index (χ4v) is 8.03. The van der Waals surface area contributed by atoms with Crippen molar-refractivity contribution in [3.8, 4) is 12.3 Å². The van der Waals surface area contributed by atoms with Gasteiger partial charge < -0.3 is 36.2 Å². The van der Waals surface area contributed by atoms with Gasteiger partial charge in [-0.05, 0) is 67.1 Å². The largest absolute Gasteiger partial charge is 0.447 e. The lowest BCUT2D eigenvalue weighted by Crippen LogP contribution is -2.62. The molecule has 3 fully saturated rings. The number of terminal acetylenes is 1. The van der Waals surface area contributed by atoms with Crippen LogP contribution < -0.4 is 26.6 Å². The molecule has 6 amide bonds. The van der Waals surface area contributed by atoms with Gasteiger partial charge in [0.25, 0.3) is 5.91 Å². The topological polar surface area (TPSA) is 175 Å². The molecule has 1 saturated heterocycles. The van der Waals surface area contributed by atoms with E-state index in [1.54, 1.807) is 4.90 Å². The lowest BCUT2D eigenvalue weighted by Gasteiger charge is -2.42. The summed E-state index contributed by atoms with van der Waals surface area (Å²) in [5.74, 6) is 0.429. The average molecular weight is 769 g/mol. The van der Waals surface area contributed by atoms with Crippen LogP contribution in [0.15, 0.2) is 12.7 Å². The van der Waals surface area contributed by atoms with Crippen LogP contribution >= 0.6 is 0 Å². The average Bonchev–Trinajstić information content (AvgIpc) is 3.61. The Labute approximate surface area is 329 Å². The molecule has 0 bridgehead atoms. The van der Waals surface area contributed by atoms with Crippen LogP contribution in [-0.2, 0) is 23.9 Å². The number of carbonyl (C=O) groups is 6. The number of ketones is 1. The van der Waals surface area contributed by atoms with E-state index in [0.29, 0.717) is 38.3 Å². The molecule has 0 aromatic heterocycles. The van der Waals surface area contributed by atoms with Gasteiger partial charge in [0.05, 0.1) is 12.1 Å². The fourth-order valence-electron chi connectivity index (χ4n) is 8.03. The predicted molar refractivity (Wildman–Crippen MR) is 212 cm³/mol. The van der Waals surface area contributed by atoms with Gasteiger partial charge in [0.2, 0.25) is 17.6 Å². The Morgan fingerprint density at radius 1 is 0.964 bits per heavy atom. The summed E-state index contributed by atoms with van der Waals surface area (Å²) in [6.07, 6.45) is 16.9. The molecule has 0 spiro atoms. The van der Waals surface area contributed by atoms with E-state index in [9.17, 15) is 28.8 Å². The van der Waals surface area contributed by atoms with Gasteiger partial charge in [-0.1, -0.05) is 86.1 Å². The van der Waals surface area contributed by atoms with Crippen LogP contribution in [0.1, 0.15) is 125 Å². The molecule has 0 aromatic carbocycles. The lowest BCUT2D eigenvalue weighted by molar-refractivity contribution is -0.144. The molecule has 5 N–H and O–H groups in total. The van der Waals surface area contributed by atoms with Crippen molar-refractivity contribution in [1.82, 2.24) is 31.5 Å². The van der Waals surface area contributed by atoms with Crippen molar-refractivity contribution in [2.75, 3.05) is 26.2 Å². The normalized spacial score (nSPS) is 21.6. The van der Waals surface area contributed by atoms with E-state index in [1.807, 2.05) is 41.5 Å². The van der Waals surface area contributed by atoms with Gasteiger partial charge in [-0.15, -0.1) is 18.9 Å². The van der Waals surface area contributed by atoms with E-state index in [1.165, 1.54) is 25.3 Å². The summed E-state index contributed by atoms with van der Waals surface area (Å²) in [7, 11) is 0. The van der Waals surface area contributed by atoms with Crippen molar-refractivity contribution in [2.24, 2.45) is 28.6 Å². The maximum absolute atomic E-state index is 14.8. The van der Waals surface area contributed by atoms with E-state index < -0.39 is 64.7 Å². The van der Waals surface area contributed by atoms with Crippen molar-refractivity contribution in [2.45, 2.75) is 149 Å². The molecule has 1 aliphatic heterocycles. The highest BCUT2D eigenvalue weighted by molar-refractivity contribution is 6.38. The Morgan fingerprint density at radius 3 is 2.22 bits per heavy atom. The second kappa shape index (κ2) is 21.3. The van der Waals surface area contributed by atoms with Crippen molar-refractivity contribution in [3.05, 3.63) is 12.7 Å². The summed E-state index contributed by atoms with van der Waals surface area (Å²) in [6, 6.07) is -4.20. The molecule has 2 aliphatic carbocycles. The van der Waals surface area contributed by atoms with Crippen molar-refractivity contribution in [1.29, 1.82) is 0 Å². The quantitative estimate of drug-likeness (QED) is 0.0788. The number of likely N-dealkylation sites (tertiary alicyclic amines) is 1. The minimum absolute atomic E-state index is 0.0178. The van der Waals surface area contributed by atoms with Gasteiger partial charge in [-0.3, -0.25) is 19.2 Å². The molecule has 2 saturated carbocycles. The summed E-state index contributed by atoms with van der Waals surface area (Å²) in [6.45, 7) is 16.3. The minimum atomic E-state index is -1.18. The van der Waals surface area contributed by atoms with Crippen LogP contribution in [0.25, 0.3) is 0 Å². The van der Waals surface area contributed by atoms with Gasteiger partial charge >= 0.3 is 12.1 Å². The Kier molecular flexibility index (Phi) is 17.5. The highest BCUT2D eigenvalue weighted by atomic mass is 16.5. The molecule has 0 radical (unpaired) electrons. The zero-order valence-electron chi connectivity index (χ0n) is 34.2. The number of ether oxygens (including phenoxy) is 1. The molecule has 3 aliphatic rings. The van der Waals surface area contributed by atoms with E-state index in [2.05, 4.69) is 39.1 Å². The van der Waals surface area contributed by atoms with Gasteiger partial charge in [0, 0.05) is 26.1 Å². The number of Topliss-reactive ketones (excluding diaryl/α,β-unsaturated/α-hetero) is 1. The molecule has 3 rings (SSSR count). The maximum Gasteiger partial charge on any atom is 0.407 e. The first kappa shape index (κ1) is 45.3. The Morgan fingerprint density at radius 2 is 1.62 bits per heavy atom. The molecular formula is C42H68N6O7. The highest BCUT2D eigenvalue weighted by Gasteiger charge is 2.49. The molecule has 13 nitrogen and oxygen atoms in total. The molecule has 308 valence electrons. The third kappa shape index (κ3) is 13.6. The van der Waals surface area contributed by atoms with Crippen LogP contribution in [0.5, 0.6) is 0 Å². The smallest absolute Gasteiger partial charge is 0.407 e.